The fraction of sp³-hybridized carbons (Fsp3) is 0.900. The molecule has 0 aromatic heterocycles. The van der Waals surface area contributed by atoms with Gasteiger partial charge in [-0.2, -0.15) is 0 Å². The molecule has 0 bridgehead atoms. The van der Waals surface area contributed by atoms with E-state index in [2.05, 4.69) is 5.32 Å². The predicted octanol–water partition coefficient (Wildman–Crippen LogP) is 0.163. The molecule has 2 fully saturated rings. The SMILES string of the molecule is NC1(C(=O)NCCC2CCCO2)CC1. The summed E-state index contributed by atoms with van der Waals surface area (Å²) in [4.78, 5) is 11.4. The zero-order valence-corrected chi connectivity index (χ0v) is 8.42. The molecule has 0 radical (unpaired) electrons. The summed E-state index contributed by atoms with van der Waals surface area (Å²) in [5, 5.41) is 2.87. The van der Waals surface area contributed by atoms with Crippen LogP contribution in [0.5, 0.6) is 0 Å². The minimum absolute atomic E-state index is 0.00972. The molecule has 1 aliphatic heterocycles. The van der Waals surface area contributed by atoms with Crippen LogP contribution in [0.3, 0.4) is 0 Å². The van der Waals surface area contributed by atoms with Crippen molar-refractivity contribution in [2.45, 2.75) is 43.7 Å². The summed E-state index contributed by atoms with van der Waals surface area (Å²) in [5.74, 6) is 0.00972. The number of rotatable bonds is 4. The van der Waals surface area contributed by atoms with E-state index in [4.69, 9.17) is 10.5 Å². The van der Waals surface area contributed by atoms with Crippen molar-refractivity contribution >= 4 is 5.91 Å². The Labute approximate surface area is 84.2 Å². The Morgan fingerprint density at radius 2 is 2.36 bits per heavy atom. The fourth-order valence-electron chi connectivity index (χ4n) is 1.76. The van der Waals surface area contributed by atoms with Crippen LogP contribution in [0.2, 0.25) is 0 Å². The summed E-state index contributed by atoms with van der Waals surface area (Å²) in [6, 6.07) is 0. The highest BCUT2D eigenvalue weighted by atomic mass is 16.5. The maximum atomic E-state index is 11.4. The van der Waals surface area contributed by atoms with Crippen LogP contribution < -0.4 is 11.1 Å². The van der Waals surface area contributed by atoms with Gasteiger partial charge >= 0.3 is 0 Å². The predicted molar refractivity (Wildman–Crippen MR) is 52.8 cm³/mol. The third kappa shape index (κ3) is 2.25. The van der Waals surface area contributed by atoms with Crippen LogP contribution in [-0.4, -0.2) is 30.7 Å². The van der Waals surface area contributed by atoms with Gasteiger partial charge < -0.3 is 15.8 Å². The molecule has 1 saturated carbocycles. The number of hydrogen-bond acceptors (Lipinski definition) is 3. The molecule has 2 rings (SSSR count). The molecule has 0 aromatic rings. The first-order valence-corrected chi connectivity index (χ1v) is 5.39. The maximum absolute atomic E-state index is 11.4. The topological polar surface area (TPSA) is 64.4 Å². The summed E-state index contributed by atoms with van der Waals surface area (Å²) < 4.78 is 5.45. The van der Waals surface area contributed by atoms with E-state index < -0.39 is 5.54 Å². The van der Waals surface area contributed by atoms with Crippen LogP contribution >= 0.6 is 0 Å². The van der Waals surface area contributed by atoms with Crippen molar-refractivity contribution in [3.8, 4) is 0 Å². The lowest BCUT2D eigenvalue weighted by Crippen LogP contribution is -2.43. The molecule has 80 valence electrons. The highest BCUT2D eigenvalue weighted by Crippen LogP contribution is 2.32. The number of nitrogens with one attached hydrogen (secondary N) is 1. The molecular formula is C10H18N2O2. The molecule has 1 amide bonds. The van der Waals surface area contributed by atoms with Gasteiger partial charge in [0.05, 0.1) is 11.6 Å². The monoisotopic (exact) mass is 198 g/mol. The number of nitrogens with two attached hydrogens (primary N) is 1. The van der Waals surface area contributed by atoms with Crippen molar-refractivity contribution in [3.63, 3.8) is 0 Å². The third-order valence-electron chi connectivity index (χ3n) is 3.02. The standard InChI is InChI=1S/C10H18N2O2/c11-10(4-5-10)9(13)12-6-3-8-2-1-7-14-8/h8H,1-7,11H2,(H,12,13). The van der Waals surface area contributed by atoms with Gasteiger partial charge in [-0.05, 0) is 32.1 Å². The lowest BCUT2D eigenvalue weighted by Gasteiger charge is -2.12. The molecule has 1 saturated heterocycles. The van der Waals surface area contributed by atoms with Gasteiger partial charge in [0, 0.05) is 13.2 Å². The molecule has 1 unspecified atom stereocenters. The van der Waals surface area contributed by atoms with E-state index in [1.165, 1.54) is 0 Å². The van der Waals surface area contributed by atoms with Crippen molar-refractivity contribution in [3.05, 3.63) is 0 Å². The molecule has 0 aromatic carbocycles. The Balaban J connectivity index is 1.60. The smallest absolute Gasteiger partial charge is 0.240 e. The quantitative estimate of drug-likeness (QED) is 0.676. The molecule has 3 N–H and O–H groups in total. The third-order valence-corrected chi connectivity index (χ3v) is 3.02. The highest BCUT2D eigenvalue weighted by molar-refractivity contribution is 5.88. The van der Waals surface area contributed by atoms with Crippen LogP contribution in [0.15, 0.2) is 0 Å². The van der Waals surface area contributed by atoms with E-state index in [-0.39, 0.29) is 5.91 Å². The normalized spacial score (nSPS) is 28.8. The van der Waals surface area contributed by atoms with E-state index in [0.29, 0.717) is 12.6 Å². The zero-order valence-electron chi connectivity index (χ0n) is 8.42. The van der Waals surface area contributed by atoms with Crippen molar-refractivity contribution in [1.82, 2.24) is 5.32 Å². The largest absolute Gasteiger partial charge is 0.378 e. The second-order valence-electron chi connectivity index (χ2n) is 4.34. The second-order valence-corrected chi connectivity index (χ2v) is 4.34. The molecule has 1 atom stereocenters. The maximum Gasteiger partial charge on any atom is 0.240 e. The minimum Gasteiger partial charge on any atom is -0.378 e. The average molecular weight is 198 g/mol. The van der Waals surface area contributed by atoms with Crippen molar-refractivity contribution in [2.75, 3.05) is 13.2 Å². The van der Waals surface area contributed by atoms with Crippen LogP contribution in [0.4, 0.5) is 0 Å². The van der Waals surface area contributed by atoms with Crippen molar-refractivity contribution in [2.24, 2.45) is 5.73 Å². The van der Waals surface area contributed by atoms with Crippen molar-refractivity contribution < 1.29 is 9.53 Å². The van der Waals surface area contributed by atoms with Gasteiger partial charge in [0.1, 0.15) is 0 Å². The molecule has 2 aliphatic rings. The van der Waals surface area contributed by atoms with Gasteiger partial charge in [0.25, 0.3) is 0 Å². The van der Waals surface area contributed by atoms with Crippen LogP contribution in [0.1, 0.15) is 32.1 Å². The summed E-state index contributed by atoms with van der Waals surface area (Å²) in [6.45, 7) is 1.57. The van der Waals surface area contributed by atoms with Crippen LogP contribution in [-0.2, 0) is 9.53 Å². The molecule has 14 heavy (non-hydrogen) atoms. The summed E-state index contributed by atoms with van der Waals surface area (Å²) in [7, 11) is 0. The number of hydrogen-bond donors (Lipinski definition) is 2. The van der Waals surface area contributed by atoms with Crippen LogP contribution in [0.25, 0.3) is 0 Å². The number of carbonyl (C=O) groups excluding carboxylic acids is 1. The number of ether oxygens (including phenoxy) is 1. The van der Waals surface area contributed by atoms with E-state index in [1.54, 1.807) is 0 Å². The molecule has 4 heteroatoms. The Kier molecular flexibility index (Phi) is 2.74. The first-order valence-electron chi connectivity index (χ1n) is 5.39. The molecule has 0 spiro atoms. The Hall–Kier alpha value is -0.610. The van der Waals surface area contributed by atoms with Crippen molar-refractivity contribution in [1.29, 1.82) is 0 Å². The Bertz CT molecular complexity index is 220. The van der Waals surface area contributed by atoms with Gasteiger partial charge in [-0.3, -0.25) is 4.79 Å². The van der Waals surface area contributed by atoms with E-state index in [1.807, 2.05) is 0 Å². The first-order chi connectivity index (χ1) is 6.71. The molecule has 1 heterocycles. The van der Waals surface area contributed by atoms with Crippen LogP contribution in [0, 0.1) is 0 Å². The Morgan fingerprint density at radius 1 is 1.57 bits per heavy atom. The van der Waals surface area contributed by atoms with E-state index in [9.17, 15) is 4.79 Å². The van der Waals surface area contributed by atoms with Gasteiger partial charge in [-0.1, -0.05) is 0 Å². The minimum atomic E-state index is -0.531. The summed E-state index contributed by atoms with van der Waals surface area (Å²) >= 11 is 0. The molecule has 4 nitrogen and oxygen atoms in total. The first kappa shape index (κ1) is 9.93. The van der Waals surface area contributed by atoms with Gasteiger partial charge in [-0.25, -0.2) is 0 Å². The fourth-order valence-corrected chi connectivity index (χ4v) is 1.76. The highest BCUT2D eigenvalue weighted by Gasteiger charge is 2.45. The summed E-state index contributed by atoms with van der Waals surface area (Å²) in [5.41, 5.74) is 5.21. The zero-order chi connectivity index (χ0) is 10.0. The lowest BCUT2D eigenvalue weighted by molar-refractivity contribution is -0.123. The van der Waals surface area contributed by atoms with Gasteiger partial charge in [0.15, 0.2) is 0 Å². The van der Waals surface area contributed by atoms with Gasteiger partial charge in [0.2, 0.25) is 5.91 Å². The van der Waals surface area contributed by atoms with E-state index >= 15 is 0 Å². The lowest BCUT2D eigenvalue weighted by atomic mass is 10.2. The average Bonchev–Trinajstić information content (AvgIpc) is 2.73. The molecule has 1 aliphatic carbocycles. The van der Waals surface area contributed by atoms with E-state index in [0.717, 1.165) is 38.7 Å². The van der Waals surface area contributed by atoms with Gasteiger partial charge in [-0.15, -0.1) is 0 Å². The number of carbonyl (C=O) groups is 1. The summed E-state index contributed by atoms with van der Waals surface area (Å²) in [6.07, 6.45) is 5.21. The molecular weight excluding hydrogens is 180 g/mol. The second kappa shape index (κ2) is 3.87. The number of amides is 1. The Morgan fingerprint density at radius 3 is 2.93 bits per heavy atom.